The fourth-order valence-electron chi connectivity index (χ4n) is 1.30. The van der Waals surface area contributed by atoms with Crippen molar-refractivity contribution in [2.24, 2.45) is 0 Å². The zero-order valence-electron chi connectivity index (χ0n) is 8.73. The molecule has 1 heterocycles. The number of nitrogens with zero attached hydrogens (tertiary/aromatic N) is 2. The lowest BCUT2D eigenvalue weighted by molar-refractivity contribution is -0.128. The van der Waals surface area contributed by atoms with E-state index in [1.165, 1.54) is 4.70 Å². The molecule has 0 N–H and O–H groups in total. The van der Waals surface area contributed by atoms with Crippen LogP contribution in [0.3, 0.4) is 0 Å². The zero-order valence-corrected chi connectivity index (χ0v) is 9.54. The predicted octanol–water partition coefficient (Wildman–Crippen LogP) is 2.27. The molecule has 0 saturated heterocycles. The molecule has 3 nitrogen and oxygen atoms in total. The van der Waals surface area contributed by atoms with Gasteiger partial charge in [-0.1, -0.05) is 12.1 Å². The van der Waals surface area contributed by atoms with Crippen LogP contribution in [0.4, 0.5) is 0 Å². The lowest BCUT2D eigenvalue weighted by Crippen LogP contribution is -2.22. The van der Waals surface area contributed by atoms with E-state index in [0.29, 0.717) is 6.54 Å². The number of hydrogen-bond acceptors (Lipinski definition) is 3. The lowest BCUT2D eigenvalue weighted by atomic mass is 10.3. The third-order valence-electron chi connectivity index (χ3n) is 2.25. The summed E-state index contributed by atoms with van der Waals surface area (Å²) in [6.07, 6.45) is 0. The molecular weight excluding hydrogens is 208 g/mol. The molecule has 0 aliphatic carbocycles. The molecule has 0 saturated carbocycles. The highest BCUT2D eigenvalue weighted by Gasteiger charge is 2.07. The number of carbonyl (C=O) groups excluding carboxylic acids is 1. The molecule has 0 atom stereocenters. The lowest BCUT2D eigenvalue weighted by Gasteiger charge is -2.11. The van der Waals surface area contributed by atoms with Gasteiger partial charge in [-0.25, -0.2) is 4.98 Å². The Hall–Kier alpha value is -1.42. The van der Waals surface area contributed by atoms with Crippen LogP contribution < -0.4 is 0 Å². The van der Waals surface area contributed by atoms with Crippen LogP contribution >= 0.6 is 11.3 Å². The fraction of sp³-hybridized carbons (Fsp3) is 0.273. The van der Waals surface area contributed by atoms with Gasteiger partial charge in [0, 0.05) is 14.0 Å². The van der Waals surface area contributed by atoms with E-state index in [0.717, 1.165) is 10.5 Å². The standard InChI is InChI=1S/C11H12N2OS/c1-8(14)13(2)7-11-12-9-5-3-4-6-10(9)15-11/h3-6H,7H2,1-2H3. The summed E-state index contributed by atoms with van der Waals surface area (Å²) in [5.41, 5.74) is 1.01. The van der Waals surface area contributed by atoms with Crippen LogP contribution in [0.25, 0.3) is 10.2 Å². The van der Waals surface area contributed by atoms with Gasteiger partial charge < -0.3 is 4.90 Å². The second-order valence-electron chi connectivity index (χ2n) is 3.45. The van der Waals surface area contributed by atoms with Gasteiger partial charge in [-0.15, -0.1) is 11.3 Å². The van der Waals surface area contributed by atoms with Crippen molar-refractivity contribution in [2.75, 3.05) is 7.05 Å². The highest BCUT2D eigenvalue weighted by atomic mass is 32.1. The molecule has 2 aromatic rings. The molecule has 78 valence electrons. The number of amides is 1. The van der Waals surface area contributed by atoms with E-state index >= 15 is 0 Å². The summed E-state index contributed by atoms with van der Waals surface area (Å²) in [5, 5.41) is 0.980. The maximum Gasteiger partial charge on any atom is 0.219 e. The summed E-state index contributed by atoms with van der Waals surface area (Å²) in [5.74, 6) is 0.0641. The monoisotopic (exact) mass is 220 g/mol. The van der Waals surface area contributed by atoms with E-state index < -0.39 is 0 Å². The Morgan fingerprint density at radius 3 is 2.87 bits per heavy atom. The Labute approximate surface area is 92.4 Å². The molecule has 0 radical (unpaired) electrons. The van der Waals surface area contributed by atoms with Gasteiger partial charge in [0.05, 0.1) is 16.8 Å². The van der Waals surface area contributed by atoms with Crippen molar-refractivity contribution in [3.63, 3.8) is 0 Å². The first-order valence-corrected chi connectivity index (χ1v) is 5.54. The minimum Gasteiger partial charge on any atom is -0.339 e. The van der Waals surface area contributed by atoms with Crippen LogP contribution in [0.15, 0.2) is 24.3 Å². The summed E-state index contributed by atoms with van der Waals surface area (Å²) in [4.78, 5) is 17.2. The number of rotatable bonds is 2. The van der Waals surface area contributed by atoms with Gasteiger partial charge in [-0.3, -0.25) is 4.79 Å². The first-order valence-electron chi connectivity index (χ1n) is 4.73. The van der Waals surface area contributed by atoms with Crippen molar-refractivity contribution < 1.29 is 4.79 Å². The number of benzene rings is 1. The molecule has 2 rings (SSSR count). The summed E-state index contributed by atoms with van der Waals surface area (Å²) in [6, 6.07) is 8.01. The number of fused-ring (bicyclic) bond motifs is 1. The molecule has 0 aliphatic heterocycles. The second kappa shape index (κ2) is 3.98. The number of aromatic nitrogens is 1. The molecule has 0 spiro atoms. The van der Waals surface area contributed by atoms with Crippen molar-refractivity contribution in [1.82, 2.24) is 9.88 Å². The van der Waals surface area contributed by atoms with E-state index in [9.17, 15) is 4.79 Å². The smallest absolute Gasteiger partial charge is 0.219 e. The number of hydrogen-bond donors (Lipinski definition) is 0. The van der Waals surface area contributed by atoms with E-state index in [4.69, 9.17) is 0 Å². The third kappa shape index (κ3) is 2.15. The van der Waals surface area contributed by atoms with Crippen LogP contribution in [0.5, 0.6) is 0 Å². The maximum atomic E-state index is 11.1. The minimum atomic E-state index is 0.0641. The Morgan fingerprint density at radius 1 is 1.47 bits per heavy atom. The van der Waals surface area contributed by atoms with Crippen LogP contribution in [0.2, 0.25) is 0 Å². The van der Waals surface area contributed by atoms with Crippen molar-refractivity contribution in [2.45, 2.75) is 13.5 Å². The summed E-state index contributed by atoms with van der Waals surface area (Å²) in [6.45, 7) is 2.15. The topological polar surface area (TPSA) is 33.2 Å². The van der Waals surface area contributed by atoms with Gasteiger partial charge >= 0.3 is 0 Å². The van der Waals surface area contributed by atoms with Crippen LogP contribution in [-0.4, -0.2) is 22.8 Å². The van der Waals surface area contributed by atoms with Gasteiger partial charge in [0.1, 0.15) is 5.01 Å². The molecule has 15 heavy (non-hydrogen) atoms. The summed E-state index contributed by atoms with van der Waals surface area (Å²) in [7, 11) is 1.79. The fourth-order valence-corrected chi connectivity index (χ4v) is 2.32. The Balaban J connectivity index is 2.26. The normalized spacial score (nSPS) is 10.5. The van der Waals surface area contributed by atoms with Crippen LogP contribution in [0, 0.1) is 0 Å². The van der Waals surface area contributed by atoms with Crippen molar-refractivity contribution in [1.29, 1.82) is 0 Å². The number of thiazole rings is 1. The largest absolute Gasteiger partial charge is 0.339 e. The molecule has 1 amide bonds. The highest BCUT2D eigenvalue weighted by Crippen LogP contribution is 2.22. The maximum absolute atomic E-state index is 11.1. The molecule has 1 aromatic carbocycles. The zero-order chi connectivity index (χ0) is 10.8. The Bertz CT molecular complexity index is 459. The molecule has 0 aliphatic rings. The van der Waals surface area contributed by atoms with E-state index in [1.54, 1.807) is 30.2 Å². The molecule has 4 heteroatoms. The average Bonchev–Trinajstić information content (AvgIpc) is 2.59. The Morgan fingerprint density at radius 2 is 2.20 bits per heavy atom. The Kier molecular flexibility index (Phi) is 2.68. The first-order chi connectivity index (χ1) is 7.16. The van der Waals surface area contributed by atoms with Crippen LogP contribution in [-0.2, 0) is 11.3 Å². The predicted molar refractivity (Wildman–Crippen MR) is 61.8 cm³/mol. The third-order valence-corrected chi connectivity index (χ3v) is 3.27. The van der Waals surface area contributed by atoms with Crippen molar-refractivity contribution in [3.05, 3.63) is 29.3 Å². The molecule has 0 fully saturated rings. The second-order valence-corrected chi connectivity index (χ2v) is 4.57. The van der Waals surface area contributed by atoms with Crippen molar-refractivity contribution >= 4 is 27.5 Å². The quantitative estimate of drug-likeness (QED) is 0.778. The first kappa shape index (κ1) is 10.1. The van der Waals surface area contributed by atoms with Crippen LogP contribution in [0.1, 0.15) is 11.9 Å². The van der Waals surface area contributed by atoms with E-state index in [2.05, 4.69) is 4.98 Å². The molecule has 1 aromatic heterocycles. The molecule has 0 bridgehead atoms. The van der Waals surface area contributed by atoms with Crippen molar-refractivity contribution in [3.8, 4) is 0 Å². The summed E-state index contributed by atoms with van der Waals surface area (Å²) >= 11 is 1.64. The van der Waals surface area contributed by atoms with Gasteiger partial charge in [-0.2, -0.15) is 0 Å². The van der Waals surface area contributed by atoms with E-state index in [1.807, 2.05) is 24.3 Å². The van der Waals surface area contributed by atoms with Gasteiger partial charge in [0.25, 0.3) is 0 Å². The number of carbonyl (C=O) groups is 1. The average molecular weight is 220 g/mol. The molecular formula is C11H12N2OS. The minimum absolute atomic E-state index is 0.0641. The van der Waals surface area contributed by atoms with Gasteiger partial charge in [0.15, 0.2) is 0 Å². The van der Waals surface area contributed by atoms with Gasteiger partial charge in [0.2, 0.25) is 5.91 Å². The summed E-state index contributed by atoms with van der Waals surface area (Å²) < 4.78 is 1.17. The highest BCUT2D eigenvalue weighted by molar-refractivity contribution is 7.18. The van der Waals surface area contributed by atoms with Gasteiger partial charge in [-0.05, 0) is 12.1 Å². The van der Waals surface area contributed by atoms with E-state index in [-0.39, 0.29) is 5.91 Å². The SMILES string of the molecule is CC(=O)N(C)Cc1nc2ccccc2s1. The molecule has 0 unspecified atom stereocenters. The number of para-hydroxylation sites is 1.